The Hall–Kier alpha value is -0.340. The fourth-order valence-electron chi connectivity index (χ4n) is 3.16. The summed E-state index contributed by atoms with van der Waals surface area (Å²) in [7, 11) is 0. The molecule has 1 N–H and O–H groups in total. The number of hydrogen-bond donors (Lipinski definition) is 1. The molecule has 2 aliphatic carbocycles. The highest BCUT2D eigenvalue weighted by atomic mass is 32.1. The maximum absolute atomic E-state index is 10.4. The molecule has 88 valence electrons. The first kappa shape index (κ1) is 10.8. The number of aryl methyl sites for hydroxylation is 2. The number of aliphatic hydroxyl groups excluding tert-OH is 1. The van der Waals surface area contributed by atoms with Crippen LogP contribution in [0, 0.1) is 5.92 Å². The summed E-state index contributed by atoms with van der Waals surface area (Å²) < 4.78 is 0. The van der Waals surface area contributed by atoms with Gasteiger partial charge in [0.05, 0.1) is 6.10 Å². The average molecular weight is 236 g/mol. The van der Waals surface area contributed by atoms with Crippen molar-refractivity contribution in [2.75, 3.05) is 0 Å². The van der Waals surface area contributed by atoms with Crippen molar-refractivity contribution in [3.05, 3.63) is 21.4 Å². The van der Waals surface area contributed by atoms with Crippen LogP contribution in [0.2, 0.25) is 0 Å². The molecule has 0 saturated heterocycles. The van der Waals surface area contributed by atoms with E-state index in [0.717, 1.165) is 0 Å². The first-order chi connectivity index (χ1) is 7.84. The van der Waals surface area contributed by atoms with Gasteiger partial charge in [-0.1, -0.05) is 12.8 Å². The second-order valence-corrected chi connectivity index (χ2v) is 6.46. The fourth-order valence-corrected chi connectivity index (χ4v) is 4.50. The highest BCUT2D eigenvalue weighted by molar-refractivity contribution is 7.12. The molecular weight excluding hydrogens is 216 g/mol. The van der Waals surface area contributed by atoms with Crippen molar-refractivity contribution < 1.29 is 5.11 Å². The highest BCUT2D eigenvalue weighted by Gasteiger charge is 2.26. The largest absolute Gasteiger partial charge is 0.387 e. The summed E-state index contributed by atoms with van der Waals surface area (Å²) in [5.74, 6) is 0.542. The van der Waals surface area contributed by atoms with Gasteiger partial charge in [0, 0.05) is 9.75 Å². The minimum absolute atomic E-state index is 0.168. The van der Waals surface area contributed by atoms with Crippen LogP contribution >= 0.6 is 11.3 Å². The Balaban J connectivity index is 1.80. The van der Waals surface area contributed by atoms with E-state index in [0.29, 0.717) is 5.92 Å². The Bertz CT molecular complexity index is 339. The van der Waals surface area contributed by atoms with Crippen LogP contribution in [0.15, 0.2) is 6.07 Å². The van der Waals surface area contributed by atoms with Crippen LogP contribution in [0.25, 0.3) is 0 Å². The van der Waals surface area contributed by atoms with Crippen LogP contribution in [0.4, 0.5) is 0 Å². The van der Waals surface area contributed by atoms with Gasteiger partial charge < -0.3 is 5.11 Å². The van der Waals surface area contributed by atoms with Gasteiger partial charge in [0.2, 0.25) is 0 Å². The molecule has 1 nitrogen and oxygen atoms in total. The van der Waals surface area contributed by atoms with Crippen molar-refractivity contribution in [1.82, 2.24) is 0 Å². The van der Waals surface area contributed by atoms with Crippen molar-refractivity contribution in [3.8, 4) is 0 Å². The molecule has 16 heavy (non-hydrogen) atoms. The Kier molecular flexibility index (Phi) is 3.03. The second kappa shape index (κ2) is 4.50. The van der Waals surface area contributed by atoms with E-state index in [4.69, 9.17) is 0 Å². The molecule has 3 rings (SSSR count). The minimum Gasteiger partial charge on any atom is -0.387 e. The zero-order valence-electron chi connectivity index (χ0n) is 9.74. The second-order valence-electron chi connectivity index (χ2n) is 5.29. The number of hydrogen-bond acceptors (Lipinski definition) is 2. The molecule has 2 heteroatoms. The lowest BCUT2D eigenvalue weighted by molar-refractivity contribution is 0.115. The molecule has 2 aliphatic rings. The van der Waals surface area contributed by atoms with Gasteiger partial charge in [-0.2, -0.15) is 0 Å². The molecule has 0 aromatic carbocycles. The van der Waals surface area contributed by atoms with E-state index < -0.39 is 0 Å². The molecule has 1 aromatic rings. The Morgan fingerprint density at radius 3 is 2.62 bits per heavy atom. The van der Waals surface area contributed by atoms with Crippen molar-refractivity contribution >= 4 is 11.3 Å². The minimum atomic E-state index is -0.168. The maximum atomic E-state index is 10.4. The lowest BCUT2D eigenvalue weighted by Gasteiger charge is -2.15. The summed E-state index contributed by atoms with van der Waals surface area (Å²) in [4.78, 5) is 2.80. The van der Waals surface area contributed by atoms with E-state index >= 15 is 0 Å². The summed E-state index contributed by atoms with van der Waals surface area (Å²) in [5.41, 5.74) is 1.53. The van der Waals surface area contributed by atoms with Crippen LogP contribution in [0.3, 0.4) is 0 Å². The molecule has 0 amide bonds. The van der Waals surface area contributed by atoms with Crippen molar-refractivity contribution in [2.45, 2.75) is 57.5 Å². The molecule has 1 atom stereocenters. The van der Waals surface area contributed by atoms with Gasteiger partial charge in [0.25, 0.3) is 0 Å². The molecule has 0 spiro atoms. The summed E-state index contributed by atoms with van der Waals surface area (Å²) >= 11 is 1.88. The summed E-state index contributed by atoms with van der Waals surface area (Å²) in [6.07, 6.45) is 10.1. The summed E-state index contributed by atoms with van der Waals surface area (Å²) in [6.45, 7) is 0. The van der Waals surface area contributed by atoms with E-state index in [1.807, 2.05) is 11.3 Å². The molecule has 1 aromatic heterocycles. The molecule has 0 radical (unpaired) electrons. The van der Waals surface area contributed by atoms with E-state index in [2.05, 4.69) is 6.07 Å². The lowest BCUT2D eigenvalue weighted by Crippen LogP contribution is -2.06. The van der Waals surface area contributed by atoms with Crippen LogP contribution in [0.5, 0.6) is 0 Å². The zero-order chi connectivity index (χ0) is 11.0. The fraction of sp³-hybridized carbons (Fsp3) is 0.714. The third-order valence-corrected chi connectivity index (χ3v) is 5.46. The monoisotopic (exact) mass is 236 g/mol. The number of aliphatic hydroxyl groups is 1. The molecule has 1 fully saturated rings. The third-order valence-electron chi connectivity index (χ3n) is 4.15. The average Bonchev–Trinajstić information content (AvgIpc) is 2.97. The van der Waals surface area contributed by atoms with Gasteiger partial charge in [-0.15, -0.1) is 11.3 Å². The lowest BCUT2D eigenvalue weighted by atomic mass is 9.96. The van der Waals surface area contributed by atoms with Gasteiger partial charge in [0.1, 0.15) is 0 Å². The van der Waals surface area contributed by atoms with Gasteiger partial charge in [-0.25, -0.2) is 0 Å². The first-order valence-electron chi connectivity index (χ1n) is 6.64. The molecule has 0 aliphatic heterocycles. The van der Waals surface area contributed by atoms with Gasteiger partial charge in [-0.05, 0) is 56.1 Å². The molecule has 0 bridgehead atoms. The SMILES string of the molecule is OC(c1cc2c(s1)CCCC2)C1CCCC1. The molecular formula is C14H20OS. The van der Waals surface area contributed by atoms with E-state index in [-0.39, 0.29) is 6.10 Å². The normalized spacial score (nSPS) is 23.3. The molecule has 1 heterocycles. The van der Waals surface area contributed by atoms with Crippen LogP contribution in [-0.2, 0) is 12.8 Å². The number of rotatable bonds is 2. The van der Waals surface area contributed by atoms with Gasteiger partial charge in [-0.3, -0.25) is 0 Å². The summed E-state index contributed by atoms with van der Waals surface area (Å²) in [5, 5.41) is 10.4. The topological polar surface area (TPSA) is 20.2 Å². The number of thiophene rings is 1. The Labute approximate surface area is 102 Å². The first-order valence-corrected chi connectivity index (χ1v) is 7.46. The van der Waals surface area contributed by atoms with E-state index in [9.17, 15) is 5.11 Å². The standard InChI is InChI=1S/C14H20OS/c15-14(10-5-1-2-6-10)13-9-11-7-3-4-8-12(11)16-13/h9-10,14-15H,1-8H2. The Morgan fingerprint density at radius 2 is 1.88 bits per heavy atom. The van der Waals surface area contributed by atoms with Crippen molar-refractivity contribution in [3.63, 3.8) is 0 Å². The quantitative estimate of drug-likeness (QED) is 0.827. The predicted molar refractivity (Wildman–Crippen MR) is 67.9 cm³/mol. The van der Waals surface area contributed by atoms with Gasteiger partial charge in [0.15, 0.2) is 0 Å². The summed E-state index contributed by atoms with van der Waals surface area (Å²) in [6, 6.07) is 2.29. The zero-order valence-corrected chi connectivity index (χ0v) is 10.6. The van der Waals surface area contributed by atoms with Crippen LogP contribution in [-0.4, -0.2) is 5.11 Å². The van der Waals surface area contributed by atoms with Crippen molar-refractivity contribution in [1.29, 1.82) is 0 Å². The Morgan fingerprint density at radius 1 is 1.12 bits per heavy atom. The van der Waals surface area contributed by atoms with E-state index in [1.54, 1.807) is 4.88 Å². The van der Waals surface area contributed by atoms with E-state index in [1.165, 1.54) is 61.8 Å². The van der Waals surface area contributed by atoms with Crippen LogP contribution < -0.4 is 0 Å². The molecule has 1 saturated carbocycles. The highest BCUT2D eigenvalue weighted by Crippen LogP contribution is 2.40. The number of fused-ring (bicyclic) bond motifs is 1. The maximum Gasteiger partial charge on any atom is 0.0910 e. The van der Waals surface area contributed by atoms with Gasteiger partial charge >= 0.3 is 0 Å². The third kappa shape index (κ3) is 1.93. The predicted octanol–water partition coefficient (Wildman–Crippen LogP) is 3.85. The smallest absolute Gasteiger partial charge is 0.0910 e. The van der Waals surface area contributed by atoms with Crippen LogP contribution in [0.1, 0.15) is 59.9 Å². The van der Waals surface area contributed by atoms with Crippen molar-refractivity contribution in [2.24, 2.45) is 5.92 Å². The molecule has 1 unspecified atom stereocenters.